The van der Waals surface area contributed by atoms with Crippen LogP contribution in [0.3, 0.4) is 0 Å². The molecule has 2 aromatic heterocycles. The van der Waals surface area contributed by atoms with E-state index in [1.807, 2.05) is 47.6 Å². The van der Waals surface area contributed by atoms with E-state index in [0.717, 1.165) is 21.9 Å². The highest BCUT2D eigenvalue weighted by Gasteiger charge is 2.20. The minimum Gasteiger partial charge on any atom is -0.269 e. The molecule has 5 nitrogen and oxygen atoms in total. The third kappa shape index (κ3) is 4.20. The van der Waals surface area contributed by atoms with Crippen molar-refractivity contribution in [2.24, 2.45) is 4.40 Å². The van der Waals surface area contributed by atoms with Gasteiger partial charge in [0.05, 0.1) is 10.5 Å². The van der Waals surface area contributed by atoms with Crippen molar-refractivity contribution in [1.82, 2.24) is 9.38 Å². The number of thioether (sulfide) groups is 1. The standard InChI is InChI=1S/C18H25N3O2S2/c1-8-24-16-12(3)17(22)21-10-11(2)9-14(15(21)19-16)13(4)20-25(23)18(5,6)7/h9-10H,8H2,1-7H3/b20-13+/t25-/m1/s1. The smallest absolute Gasteiger partial charge is 0.261 e. The zero-order valence-electron chi connectivity index (χ0n) is 15.8. The van der Waals surface area contributed by atoms with Gasteiger partial charge in [-0.15, -0.1) is 11.8 Å². The van der Waals surface area contributed by atoms with E-state index in [9.17, 15) is 9.00 Å². The summed E-state index contributed by atoms with van der Waals surface area (Å²) in [7, 11) is -1.37. The van der Waals surface area contributed by atoms with Crippen LogP contribution < -0.4 is 5.56 Å². The molecule has 0 amide bonds. The average Bonchev–Trinajstić information content (AvgIpc) is 2.51. The first kappa shape index (κ1) is 19.8. The molecule has 25 heavy (non-hydrogen) atoms. The molecular formula is C18H25N3O2S2. The second kappa shape index (κ2) is 7.41. The van der Waals surface area contributed by atoms with Gasteiger partial charge in [0.2, 0.25) is 0 Å². The van der Waals surface area contributed by atoms with Gasteiger partial charge in [-0.25, -0.2) is 9.19 Å². The molecule has 7 heteroatoms. The van der Waals surface area contributed by atoms with E-state index in [1.165, 1.54) is 0 Å². The van der Waals surface area contributed by atoms with Crippen LogP contribution in [0.15, 0.2) is 26.5 Å². The minimum atomic E-state index is -1.37. The monoisotopic (exact) mass is 379 g/mol. The lowest BCUT2D eigenvalue weighted by Gasteiger charge is -2.15. The summed E-state index contributed by atoms with van der Waals surface area (Å²) in [4.78, 5) is 17.4. The van der Waals surface area contributed by atoms with Gasteiger partial charge in [0.15, 0.2) is 0 Å². The molecule has 0 spiro atoms. The fraction of sp³-hybridized carbons (Fsp3) is 0.500. The van der Waals surface area contributed by atoms with Gasteiger partial charge in [0.25, 0.3) is 5.56 Å². The van der Waals surface area contributed by atoms with Crippen molar-refractivity contribution in [3.63, 3.8) is 0 Å². The largest absolute Gasteiger partial charge is 0.269 e. The number of aryl methyl sites for hydroxylation is 1. The fourth-order valence-electron chi connectivity index (χ4n) is 2.30. The number of pyridine rings is 1. The van der Waals surface area contributed by atoms with Crippen LogP contribution in [0.5, 0.6) is 0 Å². The van der Waals surface area contributed by atoms with Gasteiger partial charge in [-0.1, -0.05) is 6.92 Å². The molecule has 0 radical (unpaired) electrons. The van der Waals surface area contributed by atoms with Gasteiger partial charge in [0.1, 0.15) is 21.7 Å². The molecule has 0 saturated heterocycles. The van der Waals surface area contributed by atoms with Gasteiger partial charge in [0, 0.05) is 17.3 Å². The van der Waals surface area contributed by atoms with Crippen molar-refractivity contribution in [3.05, 3.63) is 39.3 Å². The van der Waals surface area contributed by atoms with Gasteiger partial charge in [-0.05, 0) is 58.9 Å². The van der Waals surface area contributed by atoms with Crippen LogP contribution in [0.2, 0.25) is 0 Å². The lowest BCUT2D eigenvalue weighted by atomic mass is 10.1. The van der Waals surface area contributed by atoms with Crippen molar-refractivity contribution in [3.8, 4) is 0 Å². The van der Waals surface area contributed by atoms with Gasteiger partial charge < -0.3 is 0 Å². The van der Waals surface area contributed by atoms with E-state index in [2.05, 4.69) is 4.40 Å². The third-order valence-electron chi connectivity index (χ3n) is 3.66. The molecule has 0 N–H and O–H groups in total. The van der Waals surface area contributed by atoms with Crippen LogP contribution in [-0.2, 0) is 11.0 Å². The summed E-state index contributed by atoms with van der Waals surface area (Å²) >= 11 is 1.55. The SMILES string of the molecule is CCSc1nc2c(/C(C)=N/[S@](=O)C(C)(C)C)cc(C)cn2c(=O)c1C. The topological polar surface area (TPSA) is 63.8 Å². The summed E-state index contributed by atoms with van der Waals surface area (Å²) in [5, 5.41) is 0.738. The van der Waals surface area contributed by atoms with Gasteiger partial charge in [-0.2, -0.15) is 4.40 Å². The van der Waals surface area contributed by atoms with E-state index in [-0.39, 0.29) is 5.56 Å². The van der Waals surface area contributed by atoms with Crippen molar-refractivity contribution in [2.45, 2.75) is 58.2 Å². The van der Waals surface area contributed by atoms with Crippen LogP contribution in [0.25, 0.3) is 5.65 Å². The Hall–Kier alpha value is -1.47. The van der Waals surface area contributed by atoms with Crippen molar-refractivity contribution in [2.75, 3.05) is 5.75 Å². The highest BCUT2D eigenvalue weighted by molar-refractivity contribution is 7.99. The van der Waals surface area contributed by atoms with Crippen LogP contribution in [0.1, 0.15) is 51.3 Å². The van der Waals surface area contributed by atoms with Crippen LogP contribution in [0, 0.1) is 13.8 Å². The zero-order chi connectivity index (χ0) is 18.9. The molecule has 0 aliphatic rings. The lowest BCUT2D eigenvalue weighted by molar-refractivity contribution is 0.650. The summed E-state index contributed by atoms with van der Waals surface area (Å²) in [5.74, 6) is 0.839. The molecule has 0 saturated carbocycles. The molecule has 0 unspecified atom stereocenters. The summed E-state index contributed by atoms with van der Waals surface area (Å²) in [6, 6.07) is 1.94. The van der Waals surface area contributed by atoms with Crippen molar-refractivity contribution in [1.29, 1.82) is 0 Å². The maximum absolute atomic E-state index is 12.7. The van der Waals surface area contributed by atoms with Crippen molar-refractivity contribution >= 4 is 34.1 Å². The molecule has 0 aromatic carbocycles. The average molecular weight is 380 g/mol. The molecule has 2 heterocycles. The Morgan fingerprint density at radius 1 is 1.36 bits per heavy atom. The molecule has 136 valence electrons. The molecule has 0 aliphatic carbocycles. The number of hydrogen-bond donors (Lipinski definition) is 0. The molecule has 0 fully saturated rings. The Morgan fingerprint density at radius 3 is 2.56 bits per heavy atom. The van der Waals surface area contributed by atoms with Gasteiger partial charge in [-0.3, -0.25) is 9.20 Å². The molecule has 2 rings (SSSR count). The van der Waals surface area contributed by atoms with E-state index in [0.29, 0.717) is 16.9 Å². The number of fused-ring (bicyclic) bond motifs is 1. The summed E-state index contributed by atoms with van der Waals surface area (Å²) in [5.41, 5.74) is 3.43. The van der Waals surface area contributed by atoms with E-state index < -0.39 is 15.7 Å². The van der Waals surface area contributed by atoms with Crippen LogP contribution in [-0.4, -0.2) is 29.8 Å². The normalized spacial score (nSPS) is 14.1. The predicted molar refractivity (Wildman–Crippen MR) is 107 cm³/mol. The minimum absolute atomic E-state index is 0.0735. The van der Waals surface area contributed by atoms with Crippen LogP contribution in [0.4, 0.5) is 0 Å². The summed E-state index contributed by atoms with van der Waals surface area (Å²) < 4.78 is 17.9. The number of nitrogens with zero attached hydrogens (tertiary/aromatic N) is 3. The molecule has 2 aromatic rings. The van der Waals surface area contributed by atoms with Gasteiger partial charge >= 0.3 is 0 Å². The lowest BCUT2D eigenvalue weighted by Crippen LogP contribution is -2.23. The Labute approximate surface area is 155 Å². The Balaban J connectivity index is 2.78. The first-order valence-electron chi connectivity index (χ1n) is 8.20. The third-order valence-corrected chi connectivity index (χ3v) is 6.10. The number of aromatic nitrogens is 2. The molecule has 0 bridgehead atoms. The van der Waals surface area contributed by atoms with E-state index in [4.69, 9.17) is 4.98 Å². The number of hydrogen-bond acceptors (Lipinski definition) is 4. The summed E-state index contributed by atoms with van der Waals surface area (Å²) in [6.45, 7) is 13.2. The second-order valence-electron chi connectivity index (χ2n) is 6.94. The summed E-state index contributed by atoms with van der Waals surface area (Å²) in [6.07, 6.45) is 1.79. The molecule has 0 aliphatic heterocycles. The van der Waals surface area contributed by atoms with Crippen LogP contribution >= 0.6 is 11.8 Å². The maximum atomic E-state index is 12.7. The Bertz CT molecular complexity index is 925. The number of rotatable bonds is 4. The van der Waals surface area contributed by atoms with E-state index >= 15 is 0 Å². The first-order chi connectivity index (χ1) is 11.6. The highest BCUT2D eigenvalue weighted by atomic mass is 32.2. The molecule has 1 atom stereocenters. The highest BCUT2D eigenvalue weighted by Crippen LogP contribution is 2.21. The zero-order valence-corrected chi connectivity index (χ0v) is 17.5. The quantitative estimate of drug-likeness (QED) is 0.462. The van der Waals surface area contributed by atoms with E-state index in [1.54, 1.807) is 29.3 Å². The maximum Gasteiger partial charge on any atom is 0.261 e. The fourth-order valence-corrected chi connectivity index (χ4v) is 3.65. The second-order valence-corrected chi connectivity index (χ2v) is 10.1. The Kier molecular flexibility index (Phi) is 5.89. The van der Waals surface area contributed by atoms with Crippen molar-refractivity contribution < 1.29 is 4.21 Å². The predicted octanol–water partition coefficient (Wildman–Crippen LogP) is 3.69. The Morgan fingerprint density at radius 2 is 2.00 bits per heavy atom. The molecular weight excluding hydrogens is 354 g/mol. The first-order valence-corrected chi connectivity index (χ1v) is 10.3.